The van der Waals surface area contributed by atoms with Crippen molar-refractivity contribution >= 4 is 29.1 Å². The third kappa shape index (κ3) is 4.54. The molecule has 3 rings (SSSR count). The number of carboxylic acid groups (broad SMARTS) is 1. The number of aliphatic carboxylic acids is 1. The zero-order valence-electron chi connectivity index (χ0n) is 15.1. The van der Waals surface area contributed by atoms with Crippen LogP contribution in [0, 0.1) is 0 Å². The lowest BCUT2D eigenvalue weighted by Crippen LogP contribution is -2.41. The van der Waals surface area contributed by atoms with E-state index in [1.165, 1.54) is 18.3 Å². The third-order valence-electron chi connectivity index (χ3n) is 4.80. The first-order chi connectivity index (χ1) is 13.0. The maximum Gasteiger partial charge on any atom is 0.305 e. The highest BCUT2D eigenvalue weighted by Crippen LogP contribution is 2.32. The molecule has 1 aliphatic rings. The van der Waals surface area contributed by atoms with Crippen molar-refractivity contribution in [2.24, 2.45) is 0 Å². The van der Waals surface area contributed by atoms with Gasteiger partial charge in [-0.2, -0.15) is 0 Å². The first kappa shape index (κ1) is 19.1. The van der Waals surface area contributed by atoms with E-state index in [1.54, 1.807) is 4.90 Å². The van der Waals surface area contributed by atoms with Gasteiger partial charge in [0.25, 0.3) is 0 Å². The van der Waals surface area contributed by atoms with Crippen molar-refractivity contribution in [3.05, 3.63) is 57.8 Å². The molecule has 0 unspecified atom stereocenters. The van der Waals surface area contributed by atoms with Crippen LogP contribution in [-0.4, -0.2) is 34.3 Å². The van der Waals surface area contributed by atoms with Crippen molar-refractivity contribution in [2.75, 3.05) is 6.54 Å². The number of carbonyl (C=O) groups is 3. The van der Waals surface area contributed by atoms with E-state index in [0.29, 0.717) is 6.54 Å². The molecule has 142 valence electrons. The number of nitrogens with zero attached hydrogens (tertiary/aromatic N) is 1. The van der Waals surface area contributed by atoms with Crippen LogP contribution in [0.3, 0.4) is 0 Å². The van der Waals surface area contributed by atoms with Crippen LogP contribution in [0.15, 0.2) is 41.8 Å². The summed E-state index contributed by atoms with van der Waals surface area (Å²) in [5.41, 5.74) is 2.13. The van der Waals surface area contributed by atoms with Crippen LogP contribution in [0.2, 0.25) is 0 Å². The second kappa shape index (κ2) is 8.35. The molecule has 2 atom stereocenters. The molecule has 0 radical (unpaired) electrons. The Balaban J connectivity index is 1.78. The maximum atomic E-state index is 12.7. The fourth-order valence-corrected chi connectivity index (χ4v) is 4.34. The van der Waals surface area contributed by atoms with Gasteiger partial charge < -0.3 is 15.3 Å². The molecule has 2 heterocycles. The maximum absolute atomic E-state index is 12.7. The van der Waals surface area contributed by atoms with Crippen molar-refractivity contribution in [3.63, 3.8) is 0 Å². The average Bonchev–Trinajstić information content (AvgIpc) is 3.15. The Bertz CT molecular complexity index is 834. The van der Waals surface area contributed by atoms with Gasteiger partial charge in [0.1, 0.15) is 0 Å². The average molecular weight is 386 g/mol. The molecule has 1 aromatic heterocycles. The summed E-state index contributed by atoms with van der Waals surface area (Å²) < 4.78 is 0. The highest BCUT2D eigenvalue weighted by Gasteiger charge is 2.31. The number of hydrogen-bond donors (Lipinski definition) is 2. The zero-order chi connectivity index (χ0) is 19.4. The summed E-state index contributed by atoms with van der Waals surface area (Å²) >= 11 is 1.41. The van der Waals surface area contributed by atoms with Crippen LogP contribution >= 0.6 is 11.3 Å². The first-order valence-corrected chi connectivity index (χ1v) is 9.73. The van der Waals surface area contributed by atoms with Crippen molar-refractivity contribution in [3.8, 4) is 0 Å². The molecular weight excluding hydrogens is 364 g/mol. The van der Waals surface area contributed by atoms with Crippen LogP contribution in [0.25, 0.3) is 0 Å². The highest BCUT2D eigenvalue weighted by molar-refractivity contribution is 7.10. The van der Waals surface area contributed by atoms with Crippen LogP contribution in [0.1, 0.15) is 47.9 Å². The van der Waals surface area contributed by atoms with Crippen molar-refractivity contribution < 1.29 is 19.5 Å². The van der Waals surface area contributed by atoms with Gasteiger partial charge in [-0.05, 0) is 29.0 Å². The second-order valence-electron chi connectivity index (χ2n) is 6.61. The molecule has 2 N–H and O–H groups in total. The Morgan fingerprint density at radius 3 is 2.70 bits per heavy atom. The lowest BCUT2D eigenvalue weighted by molar-refractivity contribution is -0.137. The number of carbonyl (C=O) groups excluding carboxylic acids is 2. The molecule has 0 aliphatic carbocycles. The Labute approximate surface area is 161 Å². The van der Waals surface area contributed by atoms with E-state index < -0.39 is 12.0 Å². The molecule has 2 aromatic rings. The lowest BCUT2D eigenvalue weighted by Gasteiger charge is -2.36. The van der Waals surface area contributed by atoms with Crippen LogP contribution < -0.4 is 5.32 Å². The topological polar surface area (TPSA) is 86.7 Å². The summed E-state index contributed by atoms with van der Waals surface area (Å²) in [5, 5.41) is 13.9. The van der Waals surface area contributed by atoms with Crippen LogP contribution in [0.5, 0.6) is 0 Å². The van der Waals surface area contributed by atoms with E-state index in [-0.39, 0.29) is 30.7 Å². The normalized spacial score (nSPS) is 17.1. The quantitative estimate of drug-likeness (QED) is 0.799. The smallest absolute Gasteiger partial charge is 0.305 e. The number of thiophene rings is 1. The zero-order valence-corrected chi connectivity index (χ0v) is 15.9. The van der Waals surface area contributed by atoms with Gasteiger partial charge in [-0.15, -0.1) is 11.3 Å². The SMILES string of the molecule is CC(=O)N1CCc2ccccc2[C@H]1CC(=O)N[C@H](CC(=O)O)c1cccs1. The Hall–Kier alpha value is -2.67. The van der Waals surface area contributed by atoms with Gasteiger partial charge in [0.2, 0.25) is 11.8 Å². The number of hydrogen-bond acceptors (Lipinski definition) is 4. The Kier molecular flexibility index (Phi) is 5.91. The number of fused-ring (bicyclic) bond motifs is 1. The summed E-state index contributed by atoms with van der Waals surface area (Å²) in [4.78, 5) is 38.5. The molecule has 0 saturated heterocycles. The number of amides is 2. The van der Waals surface area contributed by atoms with E-state index in [4.69, 9.17) is 5.11 Å². The van der Waals surface area contributed by atoms with Crippen LogP contribution in [-0.2, 0) is 20.8 Å². The van der Waals surface area contributed by atoms with Gasteiger partial charge in [0.15, 0.2) is 0 Å². The molecule has 6 nitrogen and oxygen atoms in total. The fourth-order valence-electron chi connectivity index (χ4n) is 3.56. The molecule has 27 heavy (non-hydrogen) atoms. The van der Waals surface area contributed by atoms with Gasteiger partial charge in [-0.1, -0.05) is 30.3 Å². The minimum Gasteiger partial charge on any atom is -0.481 e. The Morgan fingerprint density at radius 2 is 2.04 bits per heavy atom. The van der Waals surface area contributed by atoms with Gasteiger partial charge in [0.05, 0.1) is 24.9 Å². The third-order valence-corrected chi connectivity index (χ3v) is 5.78. The highest BCUT2D eigenvalue weighted by atomic mass is 32.1. The number of nitrogens with one attached hydrogen (secondary N) is 1. The van der Waals surface area contributed by atoms with Crippen molar-refractivity contribution in [2.45, 2.75) is 38.3 Å². The fraction of sp³-hybridized carbons (Fsp3) is 0.350. The Morgan fingerprint density at radius 1 is 1.26 bits per heavy atom. The van der Waals surface area contributed by atoms with E-state index in [9.17, 15) is 14.4 Å². The summed E-state index contributed by atoms with van der Waals surface area (Å²) in [7, 11) is 0. The molecule has 0 fully saturated rings. The standard InChI is InChI=1S/C20H22N2O4S/c1-13(23)22-9-8-14-5-2-3-6-15(14)17(22)12-19(24)21-16(11-20(25)26)18-7-4-10-27-18/h2-7,10,16-17H,8-9,11-12H2,1H3,(H,21,24)(H,25,26)/t16-,17-/m1/s1. The summed E-state index contributed by atoms with van der Waals surface area (Å²) in [6, 6.07) is 10.6. The molecule has 0 spiro atoms. The predicted octanol–water partition coefficient (Wildman–Crippen LogP) is 2.92. The molecule has 0 bridgehead atoms. The molecule has 0 saturated carbocycles. The summed E-state index contributed by atoms with van der Waals surface area (Å²) in [5.74, 6) is -1.30. The first-order valence-electron chi connectivity index (χ1n) is 8.85. The van der Waals surface area contributed by atoms with E-state index in [1.807, 2.05) is 41.8 Å². The lowest BCUT2D eigenvalue weighted by atomic mass is 9.90. The largest absolute Gasteiger partial charge is 0.481 e. The van der Waals surface area contributed by atoms with Gasteiger partial charge in [-0.3, -0.25) is 14.4 Å². The monoisotopic (exact) mass is 386 g/mol. The van der Waals surface area contributed by atoms with Gasteiger partial charge >= 0.3 is 5.97 Å². The van der Waals surface area contributed by atoms with Gasteiger partial charge in [0, 0.05) is 18.3 Å². The summed E-state index contributed by atoms with van der Waals surface area (Å²) in [6.07, 6.45) is 0.701. The van der Waals surface area contributed by atoms with E-state index in [2.05, 4.69) is 5.32 Å². The molecule has 7 heteroatoms. The number of rotatable bonds is 6. The predicted molar refractivity (Wildman–Crippen MR) is 102 cm³/mol. The van der Waals surface area contributed by atoms with Crippen LogP contribution in [0.4, 0.5) is 0 Å². The minimum atomic E-state index is -0.970. The molecule has 1 aliphatic heterocycles. The van der Waals surface area contributed by atoms with Crippen molar-refractivity contribution in [1.29, 1.82) is 0 Å². The number of benzene rings is 1. The molecular formula is C20H22N2O4S. The van der Waals surface area contributed by atoms with Gasteiger partial charge in [-0.25, -0.2) is 0 Å². The van der Waals surface area contributed by atoms with E-state index >= 15 is 0 Å². The summed E-state index contributed by atoms with van der Waals surface area (Å²) in [6.45, 7) is 2.09. The minimum absolute atomic E-state index is 0.0670. The van der Waals surface area contributed by atoms with Crippen molar-refractivity contribution in [1.82, 2.24) is 10.2 Å². The number of carboxylic acids is 1. The molecule has 2 amide bonds. The van der Waals surface area contributed by atoms with E-state index in [0.717, 1.165) is 22.4 Å². The second-order valence-corrected chi connectivity index (χ2v) is 7.59. The molecule has 1 aromatic carbocycles.